The van der Waals surface area contributed by atoms with E-state index in [-0.39, 0.29) is 41.6 Å². The number of methoxy groups -OCH3 is 1. The highest BCUT2D eigenvalue weighted by atomic mass is 16.5. The molecule has 0 saturated carbocycles. The van der Waals surface area contributed by atoms with E-state index in [0.29, 0.717) is 52.4 Å². The summed E-state index contributed by atoms with van der Waals surface area (Å²) in [5, 5.41) is 4.55. The van der Waals surface area contributed by atoms with Gasteiger partial charge in [-0.25, -0.2) is 10.4 Å². The van der Waals surface area contributed by atoms with E-state index in [1.165, 1.54) is 0 Å². The normalized spacial score (nSPS) is 25.3. The molecule has 3 amide bonds. The number of nitrogens with zero attached hydrogens (tertiary/aromatic N) is 4. The van der Waals surface area contributed by atoms with E-state index in [1.807, 2.05) is 49.1 Å². The van der Waals surface area contributed by atoms with Crippen LogP contribution >= 0.6 is 0 Å². The van der Waals surface area contributed by atoms with Gasteiger partial charge in [-0.2, -0.15) is 0 Å². The van der Waals surface area contributed by atoms with Gasteiger partial charge in [0.05, 0.1) is 30.1 Å². The molecule has 10 heteroatoms. The Morgan fingerprint density at radius 2 is 1.81 bits per heavy atom. The maximum atomic E-state index is 13.8. The van der Waals surface area contributed by atoms with Gasteiger partial charge in [-0.15, -0.1) is 0 Å². The molecule has 0 bridgehead atoms. The Morgan fingerprint density at radius 3 is 2.47 bits per heavy atom. The molecule has 0 aromatic heterocycles. The Bertz CT molecular complexity index is 905. The zero-order valence-electron chi connectivity index (χ0n) is 21.7. The lowest BCUT2D eigenvalue weighted by molar-refractivity contribution is -0.141. The number of para-hydroxylation sites is 1. The van der Waals surface area contributed by atoms with E-state index in [9.17, 15) is 14.4 Å². The van der Waals surface area contributed by atoms with Crippen LogP contribution in [0.3, 0.4) is 0 Å². The lowest BCUT2D eigenvalue weighted by atomic mass is 9.83. The molecule has 4 rings (SSSR count). The van der Waals surface area contributed by atoms with Gasteiger partial charge in [-0.1, -0.05) is 18.2 Å². The van der Waals surface area contributed by atoms with Crippen molar-refractivity contribution in [3.63, 3.8) is 0 Å². The number of hydrazine groups is 1. The lowest BCUT2D eigenvalue weighted by Gasteiger charge is -2.42. The number of piperidine rings is 1. The van der Waals surface area contributed by atoms with Gasteiger partial charge < -0.3 is 19.9 Å². The molecule has 3 aliphatic rings. The summed E-state index contributed by atoms with van der Waals surface area (Å²) in [6.07, 6.45) is 0.857. The number of carbonyl (C=O) groups is 3. The summed E-state index contributed by atoms with van der Waals surface area (Å²) in [6.45, 7) is 9.44. The zero-order chi connectivity index (χ0) is 25.7. The second-order valence-electron chi connectivity index (χ2n) is 10.3. The Hall–Kier alpha value is -2.53. The van der Waals surface area contributed by atoms with Gasteiger partial charge in [0, 0.05) is 65.6 Å². The van der Waals surface area contributed by atoms with Crippen molar-refractivity contribution in [2.24, 2.45) is 11.8 Å². The zero-order valence-corrected chi connectivity index (χ0v) is 21.7. The fraction of sp³-hybridized carbons (Fsp3) is 0.654. The first-order valence-corrected chi connectivity index (χ1v) is 13.0. The Balaban J connectivity index is 1.43. The van der Waals surface area contributed by atoms with E-state index >= 15 is 0 Å². The number of hydrogen-bond donors (Lipinski definition) is 2. The summed E-state index contributed by atoms with van der Waals surface area (Å²) < 4.78 is 5.22. The van der Waals surface area contributed by atoms with Gasteiger partial charge in [0.2, 0.25) is 17.7 Å². The van der Waals surface area contributed by atoms with E-state index < -0.39 is 0 Å². The highest BCUT2D eigenvalue weighted by molar-refractivity contribution is 5.98. The van der Waals surface area contributed by atoms with Gasteiger partial charge in [0.25, 0.3) is 0 Å². The Kier molecular flexibility index (Phi) is 8.95. The molecule has 1 aromatic rings. The second-order valence-corrected chi connectivity index (χ2v) is 10.3. The van der Waals surface area contributed by atoms with E-state index in [0.717, 1.165) is 18.7 Å². The first-order valence-electron chi connectivity index (χ1n) is 13.0. The third-order valence-electron chi connectivity index (χ3n) is 7.25. The predicted octanol–water partition coefficient (Wildman–Crippen LogP) is 0.160. The van der Waals surface area contributed by atoms with Crippen LogP contribution in [0.1, 0.15) is 20.3 Å². The number of anilines is 1. The van der Waals surface area contributed by atoms with Gasteiger partial charge in [-0.3, -0.25) is 19.3 Å². The molecule has 3 heterocycles. The van der Waals surface area contributed by atoms with Crippen molar-refractivity contribution in [2.75, 3.05) is 71.1 Å². The number of rotatable bonds is 9. The molecule has 2 N–H and O–H groups in total. The number of ether oxygens (including phenoxy) is 1. The summed E-state index contributed by atoms with van der Waals surface area (Å²) in [7, 11) is 1.69. The van der Waals surface area contributed by atoms with Crippen molar-refractivity contribution in [3.8, 4) is 0 Å². The van der Waals surface area contributed by atoms with Crippen molar-refractivity contribution in [1.82, 2.24) is 25.4 Å². The van der Waals surface area contributed by atoms with Gasteiger partial charge in [0.15, 0.2) is 0 Å². The molecule has 3 saturated heterocycles. The van der Waals surface area contributed by atoms with E-state index in [2.05, 4.69) is 20.5 Å². The molecule has 3 atom stereocenters. The smallest absolute Gasteiger partial charge is 0.247 e. The van der Waals surface area contributed by atoms with Gasteiger partial charge in [0.1, 0.15) is 0 Å². The van der Waals surface area contributed by atoms with Crippen molar-refractivity contribution in [2.45, 2.75) is 32.4 Å². The number of amides is 3. The molecule has 36 heavy (non-hydrogen) atoms. The Labute approximate surface area is 213 Å². The molecule has 0 spiro atoms. The average molecular weight is 501 g/mol. The van der Waals surface area contributed by atoms with Crippen LogP contribution in [0.2, 0.25) is 0 Å². The number of benzene rings is 1. The minimum Gasteiger partial charge on any atom is -0.385 e. The fourth-order valence-electron chi connectivity index (χ4n) is 5.49. The van der Waals surface area contributed by atoms with Crippen LogP contribution in [-0.4, -0.2) is 111 Å². The molecule has 3 unspecified atom stereocenters. The molecule has 10 nitrogen and oxygen atoms in total. The average Bonchev–Trinajstić information content (AvgIpc) is 3.20. The van der Waals surface area contributed by atoms with Crippen molar-refractivity contribution in [3.05, 3.63) is 30.3 Å². The molecule has 0 radical (unpaired) electrons. The SMILES string of the molecule is COCCCN1CC(C(=O)N2CCN(CC(=O)NC(C)C)CC2)C2NN(c3ccccc3)C(=O)C2C1. The standard InChI is InChI=1S/C26H40N6O4/c1-19(2)27-23(33)18-29-11-13-31(14-12-29)25(34)21-16-30(10-7-15-36-3)17-22-24(21)28-32(26(22)35)20-8-5-4-6-9-20/h4-6,8-9,19,21-22,24,28H,7,10-18H2,1-3H3,(H,27,33). The Morgan fingerprint density at radius 1 is 1.08 bits per heavy atom. The highest BCUT2D eigenvalue weighted by Gasteiger charge is 2.51. The third kappa shape index (κ3) is 6.23. The van der Waals surface area contributed by atoms with E-state index in [1.54, 1.807) is 12.1 Å². The summed E-state index contributed by atoms with van der Waals surface area (Å²) >= 11 is 0. The molecule has 1 aromatic carbocycles. The molecule has 3 aliphatic heterocycles. The maximum Gasteiger partial charge on any atom is 0.247 e. The quantitative estimate of drug-likeness (QED) is 0.466. The topological polar surface area (TPSA) is 97.5 Å². The van der Waals surface area contributed by atoms with Crippen LogP contribution in [0.25, 0.3) is 0 Å². The summed E-state index contributed by atoms with van der Waals surface area (Å²) in [5.74, 6) is -0.484. The number of hydrogen-bond acceptors (Lipinski definition) is 7. The van der Waals surface area contributed by atoms with Crippen molar-refractivity contribution >= 4 is 23.4 Å². The first kappa shape index (κ1) is 26.5. The fourth-order valence-corrected chi connectivity index (χ4v) is 5.49. The van der Waals surface area contributed by atoms with E-state index in [4.69, 9.17) is 4.74 Å². The van der Waals surface area contributed by atoms with Crippen molar-refractivity contribution in [1.29, 1.82) is 0 Å². The van der Waals surface area contributed by atoms with Crippen LogP contribution < -0.4 is 15.8 Å². The number of likely N-dealkylation sites (tertiary alicyclic amines) is 1. The second kappa shape index (κ2) is 12.1. The third-order valence-corrected chi connectivity index (χ3v) is 7.25. The summed E-state index contributed by atoms with van der Waals surface area (Å²) in [6, 6.07) is 9.43. The minimum absolute atomic E-state index is 0.0151. The molecular weight excluding hydrogens is 460 g/mol. The van der Waals surface area contributed by atoms with Crippen LogP contribution in [0, 0.1) is 11.8 Å². The maximum absolute atomic E-state index is 13.8. The van der Waals surface area contributed by atoms with Crippen LogP contribution in [0.4, 0.5) is 5.69 Å². The van der Waals surface area contributed by atoms with Gasteiger partial charge >= 0.3 is 0 Å². The van der Waals surface area contributed by atoms with Crippen molar-refractivity contribution < 1.29 is 19.1 Å². The van der Waals surface area contributed by atoms with Crippen LogP contribution in [0.15, 0.2) is 30.3 Å². The van der Waals surface area contributed by atoms with Crippen LogP contribution in [-0.2, 0) is 19.1 Å². The summed E-state index contributed by atoms with van der Waals surface area (Å²) in [5.41, 5.74) is 4.19. The number of piperazine rings is 1. The highest BCUT2D eigenvalue weighted by Crippen LogP contribution is 2.33. The molecular formula is C26H40N6O4. The first-order chi connectivity index (χ1) is 17.4. The number of fused-ring (bicyclic) bond motifs is 1. The predicted molar refractivity (Wildman–Crippen MR) is 137 cm³/mol. The summed E-state index contributed by atoms with van der Waals surface area (Å²) in [4.78, 5) is 45.6. The number of carbonyl (C=O) groups excluding carboxylic acids is 3. The number of nitrogens with one attached hydrogen (secondary N) is 2. The molecule has 198 valence electrons. The monoisotopic (exact) mass is 500 g/mol. The van der Waals surface area contributed by atoms with Crippen LogP contribution in [0.5, 0.6) is 0 Å². The molecule has 0 aliphatic carbocycles. The molecule has 3 fully saturated rings. The minimum atomic E-state index is -0.320. The largest absolute Gasteiger partial charge is 0.385 e. The lowest BCUT2D eigenvalue weighted by Crippen LogP contribution is -2.60. The van der Waals surface area contributed by atoms with Gasteiger partial charge in [-0.05, 0) is 32.4 Å².